The maximum atomic E-state index is 12.0. The average molecular weight is 327 g/mol. The summed E-state index contributed by atoms with van der Waals surface area (Å²) < 4.78 is 2.62. The minimum atomic E-state index is -0.216. The molecule has 0 aliphatic rings. The maximum absolute atomic E-state index is 12.0. The summed E-state index contributed by atoms with van der Waals surface area (Å²) in [5.74, 6) is -0.216. The van der Waals surface area contributed by atoms with E-state index in [4.69, 9.17) is 0 Å². The topological polar surface area (TPSA) is 64.0 Å². The lowest BCUT2D eigenvalue weighted by atomic mass is 10.2. The van der Waals surface area contributed by atoms with Gasteiger partial charge in [-0.25, -0.2) is 4.98 Å². The Morgan fingerprint density at radius 2 is 2.13 bits per heavy atom. The summed E-state index contributed by atoms with van der Waals surface area (Å²) in [6.07, 6.45) is 3.24. The minimum Gasteiger partial charge on any atom is -0.352 e. The van der Waals surface area contributed by atoms with Gasteiger partial charge in [-0.15, -0.1) is 11.3 Å². The molecular formula is C17H17N3O2S. The first kappa shape index (κ1) is 15.4. The van der Waals surface area contributed by atoms with E-state index in [1.54, 1.807) is 30.6 Å². The van der Waals surface area contributed by atoms with Gasteiger partial charge in [-0.1, -0.05) is 12.1 Å². The number of nitrogens with zero attached hydrogens (tertiary/aromatic N) is 2. The second kappa shape index (κ2) is 6.75. The Balaban J connectivity index is 1.52. The van der Waals surface area contributed by atoms with Crippen LogP contribution in [0.25, 0.3) is 10.2 Å². The van der Waals surface area contributed by atoms with Crippen molar-refractivity contribution >= 4 is 27.5 Å². The molecule has 1 aromatic carbocycles. The number of benzene rings is 1. The van der Waals surface area contributed by atoms with Crippen molar-refractivity contribution in [3.05, 3.63) is 63.5 Å². The Morgan fingerprint density at radius 1 is 1.30 bits per heavy atom. The number of para-hydroxylation sites is 1. The molecule has 2 heterocycles. The van der Waals surface area contributed by atoms with E-state index in [-0.39, 0.29) is 11.5 Å². The first-order chi connectivity index (χ1) is 11.1. The molecule has 6 heteroatoms. The number of amides is 1. The molecule has 0 aliphatic heterocycles. The predicted molar refractivity (Wildman–Crippen MR) is 92.0 cm³/mol. The Kier molecular flexibility index (Phi) is 4.52. The van der Waals surface area contributed by atoms with Gasteiger partial charge in [-0.3, -0.25) is 9.59 Å². The van der Waals surface area contributed by atoms with E-state index < -0.39 is 0 Å². The number of thiazole rings is 1. The fourth-order valence-electron chi connectivity index (χ4n) is 2.26. The number of aromatic nitrogens is 2. The van der Waals surface area contributed by atoms with Gasteiger partial charge in [-0.05, 0) is 24.6 Å². The van der Waals surface area contributed by atoms with Crippen molar-refractivity contribution in [1.82, 2.24) is 14.9 Å². The van der Waals surface area contributed by atoms with E-state index in [0.29, 0.717) is 12.1 Å². The number of hydrogen-bond acceptors (Lipinski definition) is 4. The van der Waals surface area contributed by atoms with Gasteiger partial charge in [0.15, 0.2) is 0 Å². The number of carbonyl (C=O) groups excluding carboxylic acids is 1. The first-order valence-electron chi connectivity index (χ1n) is 7.43. The molecule has 0 aliphatic carbocycles. The smallest absolute Gasteiger partial charge is 0.251 e. The number of pyridine rings is 1. The van der Waals surface area contributed by atoms with E-state index in [1.807, 2.05) is 18.2 Å². The minimum absolute atomic E-state index is 0.188. The van der Waals surface area contributed by atoms with Gasteiger partial charge in [-0.2, -0.15) is 0 Å². The monoisotopic (exact) mass is 327 g/mol. The normalized spacial score (nSPS) is 10.8. The molecule has 0 spiro atoms. The summed E-state index contributed by atoms with van der Waals surface area (Å²) in [4.78, 5) is 28.1. The van der Waals surface area contributed by atoms with E-state index in [1.165, 1.54) is 15.3 Å². The van der Waals surface area contributed by atoms with Gasteiger partial charge in [0.1, 0.15) is 0 Å². The summed E-state index contributed by atoms with van der Waals surface area (Å²) in [7, 11) is 1.65. The van der Waals surface area contributed by atoms with Crippen LogP contribution in [0.2, 0.25) is 0 Å². The van der Waals surface area contributed by atoms with E-state index in [9.17, 15) is 9.59 Å². The lowest BCUT2D eigenvalue weighted by Crippen LogP contribution is -2.27. The maximum Gasteiger partial charge on any atom is 0.251 e. The lowest BCUT2D eigenvalue weighted by Gasteiger charge is -2.05. The molecule has 5 nitrogen and oxygen atoms in total. The summed E-state index contributed by atoms with van der Waals surface area (Å²) in [6.45, 7) is 0.559. The summed E-state index contributed by atoms with van der Waals surface area (Å²) in [5.41, 5.74) is 1.23. The molecule has 0 bridgehead atoms. The Bertz CT molecular complexity index is 865. The van der Waals surface area contributed by atoms with Crippen LogP contribution in [0.4, 0.5) is 0 Å². The molecular weight excluding hydrogens is 310 g/mol. The average Bonchev–Trinajstić information content (AvgIpc) is 2.96. The third-order valence-electron chi connectivity index (χ3n) is 3.56. The SMILES string of the molecule is Cn1ccc(C(=O)NCCCc2nc3ccccc3s2)cc1=O. The van der Waals surface area contributed by atoms with Gasteiger partial charge in [0.2, 0.25) is 0 Å². The highest BCUT2D eigenvalue weighted by Gasteiger charge is 2.07. The van der Waals surface area contributed by atoms with Crippen LogP contribution in [0.1, 0.15) is 21.8 Å². The van der Waals surface area contributed by atoms with Crippen LogP contribution in [0.5, 0.6) is 0 Å². The zero-order chi connectivity index (χ0) is 16.2. The number of rotatable bonds is 5. The van der Waals surface area contributed by atoms with Gasteiger partial charge in [0, 0.05) is 37.8 Å². The molecule has 1 amide bonds. The molecule has 3 aromatic rings. The summed E-state index contributed by atoms with van der Waals surface area (Å²) in [6, 6.07) is 11.1. The zero-order valence-corrected chi connectivity index (χ0v) is 13.6. The second-order valence-electron chi connectivity index (χ2n) is 5.30. The number of fused-ring (bicyclic) bond motifs is 1. The molecule has 3 rings (SSSR count). The standard InChI is InChI=1S/C17H17N3O2S/c1-20-10-8-12(11-16(20)21)17(22)18-9-4-7-15-19-13-5-2-3-6-14(13)23-15/h2-3,5-6,8,10-11H,4,7,9H2,1H3,(H,18,22). The summed E-state index contributed by atoms with van der Waals surface area (Å²) in [5, 5.41) is 3.92. The van der Waals surface area contributed by atoms with Crippen molar-refractivity contribution < 1.29 is 4.79 Å². The fourth-order valence-corrected chi connectivity index (χ4v) is 3.27. The van der Waals surface area contributed by atoms with Crippen LogP contribution in [-0.4, -0.2) is 22.0 Å². The molecule has 2 aromatic heterocycles. The largest absolute Gasteiger partial charge is 0.352 e. The lowest BCUT2D eigenvalue weighted by molar-refractivity contribution is 0.0953. The molecule has 0 fully saturated rings. The number of hydrogen-bond donors (Lipinski definition) is 1. The number of aryl methyl sites for hydroxylation is 2. The van der Waals surface area contributed by atoms with Crippen LogP contribution in [-0.2, 0) is 13.5 Å². The van der Waals surface area contributed by atoms with Gasteiger partial charge >= 0.3 is 0 Å². The van der Waals surface area contributed by atoms with E-state index >= 15 is 0 Å². The molecule has 0 radical (unpaired) electrons. The highest BCUT2D eigenvalue weighted by atomic mass is 32.1. The number of nitrogens with one attached hydrogen (secondary N) is 1. The predicted octanol–water partition coefficient (Wildman–Crippen LogP) is 2.36. The van der Waals surface area contributed by atoms with E-state index in [0.717, 1.165) is 23.4 Å². The van der Waals surface area contributed by atoms with Gasteiger partial charge < -0.3 is 9.88 Å². The highest BCUT2D eigenvalue weighted by molar-refractivity contribution is 7.18. The van der Waals surface area contributed by atoms with Crippen molar-refractivity contribution in [3.8, 4) is 0 Å². The molecule has 0 atom stereocenters. The quantitative estimate of drug-likeness (QED) is 0.732. The van der Waals surface area contributed by atoms with Crippen molar-refractivity contribution in [1.29, 1.82) is 0 Å². The molecule has 0 saturated heterocycles. The molecule has 1 N–H and O–H groups in total. The van der Waals surface area contributed by atoms with Crippen molar-refractivity contribution in [2.45, 2.75) is 12.8 Å². The van der Waals surface area contributed by atoms with Crippen LogP contribution in [0.3, 0.4) is 0 Å². The third kappa shape index (κ3) is 3.65. The van der Waals surface area contributed by atoms with Crippen LogP contribution < -0.4 is 10.9 Å². The van der Waals surface area contributed by atoms with Gasteiger partial charge in [0.25, 0.3) is 11.5 Å². The molecule has 0 saturated carbocycles. The molecule has 23 heavy (non-hydrogen) atoms. The third-order valence-corrected chi connectivity index (χ3v) is 4.65. The Labute approximate surface area is 137 Å². The van der Waals surface area contributed by atoms with Gasteiger partial charge in [0.05, 0.1) is 15.2 Å². The van der Waals surface area contributed by atoms with Crippen LogP contribution in [0, 0.1) is 0 Å². The molecule has 0 unspecified atom stereocenters. The Hall–Kier alpha value is -2.47. The van der Waals surface area contributed by atoms with Crippen molar-refractivity contribution in [2.75, 3.05) is 6.54 Å². The van der Waals surface area contributed by atoms with Crippen molar-refractivity contribution in [2.24, 2.45) is 7.05 Å². The van der Waals surface area contributed by atoms with Crippen molar-refractivity contribution in [3.63, 3.8) is 0 Å². The van der Waals surface area contributed by atoms with Crippen LogP contribution in [0.15, 0.2) is 47.4 Å². The first-order valence-corrected chi connectivity index (χ1v) is 8.24. The zero-order valence-electron chi connectivity index (χ0n) is 12.8. The fraction of sp³-hybridized carbons (Fsp3) is 0.235. The number of carbonyl (C=O) groups is 1. The van der Waals surface area contributed by atoms with Crippen LogP contribution >= 0.6 is 11.3 Å². The second-order valence-corrected chi connectivity index (χ2v) is 6.41. The Morgan fingerprint density at radius 3 is 2.91 bits per heavy atom. The summed E-state index contributed by atoms with van der Waals surface area (Å²) >= 11 is 1.69. The molecule has 118 valence electrons. The van der Waals surface area contributed by atoms with E-state index in [2.05, 4.69) is 16.4 Å². The highest BCUT2D eigenvalue weighted by Crippen LogP contribution is 2.22.